The number of carbonyl (C=O) groups excluding carboxylic acids is 1. The average Bonchev–Trinajstić information content (AvgIpc) is 2.30. The molecule has 1 N–H and O–H groups in total. The lowest BCUT2D eigenvalue weighted by Crippen LogP contribution is -2.44. The van der Waals surface area contributed by atoms with E-state index < -0.39 is 16.1 Å². The van der Waals surface area contributed by atoms with Gasteiger partial charge < -0.3 is 4.90 Å². The molecule has 0 aromatic carbocycles. The van der Waals surface area contributed by atoms with Gasteiger partial charge in [0, 0.05) is 24.8 Å². The van der Waals surface area contributed by atoms with Gasteiger partial charge in [0.25, 0.3) is 0 Å². The van der Waals surface area contributed by atoms with Crippen molar-refractivity contribution in [2.24, 2.45) is 0 Å². The number of rotatable bonds is 4. The molecular weight excluding hydrogens is 358 g/mol. The topological polar surface area (TPSA) is 79.4 Å². The third-order valence-corrected chi connectivity index (χ3v) is 4.61. The molecule has 1 heterocycles. The lowest BCUT2D eigenvalue weighted by molar-refractivity contribution is -0.130. The highest BCUT2D eigenvalue weighted by molar-refractivity contribution is 9.10. The predicted molar refractivity (Wildman–Crippen MR) is 75.4 cm³/mol. The second-order valence-electron chi connectivity index (χ2n) is 4.02. The van der Waals surface area contributed by atoms with E-state index >= 15 is 0 Å². The van der Waals surface area contributed by atoms with Crippen molar-refractivity contribution in [3.05, 3.63) is 21.9 Å². The van der Waals surface area contributed by atoms with Crippen molar-refractivity contribution in [2.45, 2.75) is 17.9 Å². The fraction of sp³-hybridized carbons (Fsp3) is 0.400. The van der Waals surface area contributed by atoms with E-state index in [1.807, 2.05) is 0 Å². The van der Waals surface area contributed by atoms with Gasteiger partial charge in [0.15, 0.2) is 0 Å². The zero-order valence-corrected chi connectivity index (χ0v) is 13.7. The first-order valence-electron chi connectivity index (χ1n) is 5.19. The Morgan fingerprint density at radius 2 is 2.11 bits per heavy atom. The third-order valence-electron chi connectivity index (χ3n) is 2.21. The van der Waals surface area contributed by atoms with Gasteiger partial charge in [-0.05, 0) is 28.9 Å². The van der Waals surface area contributed by atoms with Crippen molar-refractivity contribution in [3.8, 4) is 0 Å². The van der Waals surface area contributed by atoms with Gasteiger partial charge in [-0.25, -0.2) is 13.4 Å². The third kappa shape index (κ3) is 4.13. The Kier molecular flexibility index (Phi) is 5.31. The maximum Gasteiger partial charge on any atom is 0.244 e. The highest BCUT2D eigenvalue weighted by Gasteiger charge is 2.25. The Balaban J connectivity index is 3.05. The van der Waals surface area contributed by atoms with Crippen molar-refractivity contribution in [1.82, 2.24) is 14.6 Å². The van der Waals surface area contributed by atoms with Crippen LogP contribution < -0.4 is 4.72 Å². The second-order valence-corrected chi connectivity index (χ2v) is 6.97. The van der Waals surface area contributed by atoms with E-state index in [0.717, 1.165) is 0 Å². The Hall–Kier alpha value is -0.700. The zero-order valence-electron chi connectivity index (χ0n) is 10.5. The van der Waals surface area contributed by atoms with Crippen molar-refractivity contribution in [2.75, 3.05) is 14.1 Å². The van der Waals surface area contributed by atoms with Crippen molar-refractivity contribution < 1.29 is 13.2 Å². The first kappa shape index (κ1) is 16.4. The molecule has 0 saturated heterocycles. The molecule has 1 aromatic heterocycles. The molecule has 0 aliphatic rings. The van der Waals surface area contributed by atoms with Gasteiger partial charge in [-0.3, -0.25) is 4.79 Å². The number of amides is 1. The summed E-state index contributed by atoms with van der Waals surface area (Å²) in [5, 5.41) is -0.153. The van der Waals surface area contributed by atoms with Crippen LogP contribution in [-0.2, 0) is 14.8 Å². The van der Waals surface area contributed by atoms with Gasteiger partial charge in [-0.2, -0.15) is 4.72 Å². The molecular formula is C10H13BrClN3O3S. The summed E-state index contributed by atoms with van der Waals surface area (Å²) in [6.07, 6.45) is 1.38. The number of carbonyl (C=O) groups is 1. The quantitative estimate of drug-likeness (QED) is 0.809. The monoisotopic (exact) mass is 369 g/mol. The minimum absolute atomic E-state index is 0.153. The van der Waals surface area contributed by atoms with E-state index in [9.17, 15) is 13.2 Å². The van der Waals surface area contributed by atoms with Crippen LogP contribution in [0.4, 0.5) is 0 Å². The molecule has 1 amide bonds. The minimum Gasteiger partial charge on any atom is -0.347 e. The summed E-state index contributed by atoms with van der Waals surface area (Å²) >= 11 is 8.88. The van der Waals surface area contributed by atoms with Crippen molar-refractivity contribution in [3.63, 3.8) is 0 Å². The van der Waals surface area contributed by atoms with E-state index in [1.54, 1.807) is 14.1 Å². The molecule has 1 atom stereocenters. The van der Waals surface area contributed by atoms with Crippen LogP contribution in [0.15, 0.2) is 21.6 Å². The molecule has 0 fully saturated rings. The number of hydrogen-bond donors (Lipinski definition) is 1. The molecule has 0 spiro atoms. The standard InChI is InChI=1S/C10H13BrClN3O3S/c1-6(10(16)15(2)3)14-19(17,18)8-4-7(11)5-13-9(8)12/h4-6,14H,1-3H3. The molecule has 0 bridgehead atoms. The summed E-state index contributed by atoms with van der Waals surface area (Å²) in [6.45, 7) is 1.46. The van der Waals surface area contributed by atoms with Crippen molar-refractivity contribution in [1.29, 1.82) is 0 Å². The summed E-state index contributed by atoms with van der Waals surface area (Å²) in [4.78, 5) is 16.5. The molecule has 0 aliphatic heterocycles. The van der Waals surface area contributed by atoms with Gasteiger partial charge in [0.05, 0.1) is 6.04 Å². The highest BCUT2D eigenvalue weighted by atomic mass is 79.9. The van der Waals surface area contributed by atoms with E-state index in [2.05, 4.69) is 25.6 Å². The molecule has 0 aliphatic carbocycles. The maximum atomic E-state index is 12.1. The number of nitrogens with one attached hydrogen (secondary N) is 1. The second kappa shape index (κ2) is 6.17. The SMILES string of the molecule is CC(NS(=O)(=O)c1cc(Br)cnc1Cl)C(=O)N(C)C. The molecule has 1 aromatic rings. The molecule has 19 heavy (non-hydrogen) atoms. The average molecular weight is 371 g/mol. The van der Waals surface area contributed by atoms with E-state index in [1.165, 1.54) is 24.1 Å². The lowest BCUT2D eigenvalue weighted by atomic mass is 10.3. The Labute approximate surface area is 125 Å². The Bertz CT molecular complexity index is 592. The summed E-state index contributed by atoms with van der Waals surface area (Å²) in [6, 6.07) is 0.430. The number of halogens is 2. The van der Waals surface area contributed by atoms with Crippen LogP contribution in [0.1, 0.15) is 6.92 Å². The summed E-state index contributed by atoms with van der Waals surface area (Å²) < 4.78 is 27.0. The van der Waals surface area contributed by atoms with Gasteiger partial charge in [0.1, 0.15) is 10.0 Å². The number of aromatic nitrogens is 1. The van der Waals surface area contributed by atoms with E-state index in [4.69, 9.17) is 11.6 Å². The van der Waals surface area contributed by atoms with Gasteiger partial charge in [-0.15, -0.1) is 0 Å². The van der Waals surface area contributed by atoms with E-state index in [0.29, 0.717) is 4.47 Å². The number of hydrogen-bond acceptors (Lipinski definition) is 4. The number of likely N-dealkylation sites (N-methyl/N-ethyl adjacent to an activating group) is 1. The normalized spacial score (nSPS) is 13.1. The van der Waals surface area contributed by atoms with E-state index in [-0.39, 0.29) is 16.0 Å². The first-order valence-corrected chi connectivity index (χ1v) is 7.85. The Morgan fingerprint density at radius 3 is 2.63 bits per heavy atom. The predicted octanol–water partition coefficient (Wildman–Crippen LogP) is 1.25. The summed E-state index contributed by atoms with van der Waals surface area (Å²) in [5.41, 5.74) is 0. The largest absolute Gasteiger partial charge is 0.347 e. The molecule has 9 heteroatoms. The fourth-order valence-corrected chi connectivity index (χ4v) is 3.47. The van der Waals surface area contributed by atoms with Crippen LogP contribution in [0, 0.1) is 0 Å². The van der Waals surface area contributed by atoms with Crippen LogP contribution >= 0.6 is 27.5 Å². The number of nitrogens with zero attached hydrogens (tertiary/aromatic N) is 2. The summed E-state index contributed by atoms with van der Waals surface area (Å²) in [7, 11) is -0.828. The van der Waals surface area contributed by atoms with Crippen LogP contribution in [-0.4, -0.2) is 44.3 Å². The van der Waals surface area contributed by atoms with Gasteiger partial charge in [0.2, 0.25) is 15.9 Å². The number of sulfonamides is 1. The lowest BCUT2D eigenvalue weighted by Gasteiger charge is -2.18. The van der Waals surface area contributed by atoms with Crippen LogP contribution in [0.2, 0.25) is 5.15 Å². The molecule has 106 valence electrons. The van der Waals surface area contributed by atoms with Crippen LogP contribution in [0.3, 0.4) is 0 Å². The maximum absolute atomic E-state index is 12.1. The van der Waals surface area contributed by atoms with Crippen LogP contribution in [0.25, 0.3) is 0 Å². The van der Waals surface area contributed by atoms with Crippen LogP contribution in [0.5, 0.6) is 0 Å². The molecule has 1 unspecified atom stereocenters. The van der Waals surface area contributed by atoms with Crippen molar-refractivity contribution >= 4 is 43.5 Å². The highest BCUT2D eigenvalue weighted by Crippen LogP contribution is 2.22. The summed E-state index contributed by atoms with van der Waals surface area (Å²) in [5.74, 6) is -0.359. The molecule has 6 nitrogen and oxygen atoms in total. The molecule has 1 rings (SSSR count). The first-order chi connectivity index (χ1) is 8.65. The Morgan fingerprint density at radius 1 is 1.53 bits per heavy atom. The molecule has 0 radical (unpaired) electrons. The van der Waals surface area contributed by atoms with Gasteiger partial charge >= 0.3 is 0 Å². The minimum atomic E-state index is -3.91. The van der Waals surface area contributed by atoms with Gasteiger partial charge in [-0.1, -0.05) is 11.6 Å². The fourth-order valence-electron chi connectivity index (χ4n) is 1.33. The molecule has 0 saturated carbocycles. The zero-order chi connectivity index (χ0) is 14.8. The number of pyridine rings is 1. The smallest absolute Gasteiger partial charge is 0.244 e.